The molecule has 0 saturated heterocycles. The van der Waals surface area contributed by atoms with Crippen molar-refractivity contribution < 1.29 is 18.3 Å². The van der Waals surface area contributed by atoms with Gasteiger partial charge in [0.25, 0.3) is 0 Å². The van der Waals surface area contributed by atoms with E-state index in [9.17, 15) is 13.6 Å². The van der Waals surface area contributed by atoms with Crippen LogP contribution in [0, 0.1) is 17.6 Å². The van der Waals surface area contributed by atoms with Crippen molar-refractivity contribution in [3.63, 3.8) is 0 Å². The first-order valence-electron chi connectivity index (χ1n) is 6.99. The largest absolute Gasteiger partial charge is 0.488 e. The second-order valence-electron chi connectivity index (χ2n) is 5.21. The van der Waals surface area contributed by atoms with Gasteiger partial charge >= 0.3 is 0 Å². The molecule has 3 N–H and O–H groups in total. The summed E-state index contributed by atoms with van der Waals surface area (Å²) in [6.45, 7) is 5.66. The summed E-state index contributed by atoms with van der Waals surface area (Å²) in [5.74, 6) is -1.68. The second-order valence-corrected chi connectivity index (χ2v) is 5.21. The van der Waals surface area contributed by atoms with Crippen LogP contribution < -0.4 is 15.8 Å². The fourth-order valence-corrected chi connectivity index (χ4v) is 1.70. The summed E-state index contributed by atoms with van der Waals surface area (Å²) < 4.78 is 31.3. The van der Waals surface area contributed by atoms with E-state index >= 15 is 0 Å². The Morgan fingerprint density at radius 3 is 2.55 bits per heavy atom. The van der Waals surface area contributed by atoms with Crippen LogP contribution in [-0.2, 0) is 4.79 Å². The Morgan fingerprint density at radius 1 is 1.36 bits per heavy atom. The molecule has 3 unspecified atom stereocenters. The van der Waals surface area contributed by atoms with E-state index in [1.54, 1.807) is 6.92 Å². The molecule has 0 heterocycles. The third-order valence-electron chi connectivity index (χ3n) is 3.33. The molecule has 0 radical (unpaired) electrons. The van der Waals surface area contributed by atoms with Crippen molar-refractivity contribution in [2.24, 2.45) is 11.7 Å². The number of rotatable bonds is 7. The summed E-state index contributed by atoms with van der Waals surface area (Å²) in [6.07, 6.45) is 0.806. The van der Waals surface area contributed by atoms with Gasteiger partial charge in [-0.15, -0.1) is 12.4 Å². The zero-order valence-corrected chi connectivity index (χ0v) is 13.8. The number of nitrogens with one attached hydrogen (secondary N) is 1. The number of carbonyl (C=O) groups excluding carboxylic acids is 1. The molecule has 1 amide bonds. The minimum Gasteiger partial charge on any atom is -0.488 e. The van der Waals surface area contributed by atoms with Crippen LogP contribution in [0.3, 0.4) is 0 Å². The molecule has 0 bridgehead atoms. The van der Waals surface area contributed by atoms with Gasteiger partial charge in [-0.05, 0) is 25.0 Å². The van der Waals surface area contributed by atoms with Crippen LogP contribution in [0.25, 0.3) is 0 Å². The molecule has 0 saturated carbocycles. The van der Waals surface area contributed by atoms with E-state index in [4.69, 9.17) is 10.5 Å². The van der Waals surface area contributed by atoms with Crippen LogP contribution in [0.2, 0.25) is 0 Å². The summed E-state index contributed by atoms with van der Waals surface area (Å²) in [7, 11) is 0. The predicted molar refractivity (Wildman–Crippen MR) is 84.1 cm³/mol. The fourth-order valence-electron chi connectivity index (χ4n) is 1.70. The molecular formula is C15H23ClF2N2O2. The van der Waals surface area contributed by atoms with E-state index in [0.717, 1.165) is 18.6 Å². The van der Waals surface area contributed by atoms with Crippen molar-refractivity contribution in [1.29, 1.82) is 0 Å². The van der Waals surface area contributed by atoms with Crippen LogP contribution in [0.5, 0.6) is 5.75 Å². The highest BCUT2D eigenvalue weighted by Gasteiger charge is 2.21. The third kappa shape index (κ3) is 6.15. The van der Waals surface area contributed by atoms with E-state index in [2.05, 4.69) is 5.32 Å². The molecule has 1 aromatic carbocycles. The van der Waals surface area contributed by atoms with E-state index in [1.165, 1.54) is 6.07 Å². The average molecular weight is 337 g/mol. The number of hydrogen-bond acceptors (Lipinski definition) is 3. The molecule has 22 heavy (non-hydrogen) atoms. The molecule has 1 rings (SSSR count). The molecule has 0 aliphatic carbocycles. The molecule has 1 aromatic rings. The molecule has 3 atom stereocenters. The molecule has 0 fully saturated rings. The number of carbonyl (C=O) groups is 1. The normalized spacial score (nSPS) is 14.5. The Morgan fingerprint density at radius 2 is 2.00 bits per heavy atom. The summed E-state index contributed by atoms with van der Waals surface area (Å²) in [5.41, 5.74) is 5.81. The van der Waals surface area contributed by atoms with E-state index in [-0.39, 0.29) is 42.6 Å². The van der Waals surface area contributed by atoms with Gasteiger partial charge in [0.05, 0.1) is 12.1 Å². The molecule has 0 aromatic heterocycles. The molecule has 4 nitrogen and oxygen atoms in total. The van der Waals surface area contributed by atoms with Gasteiger partial charge in [-0.1, -0.05) is 20.3 Å². The number of halogens is 3. The van der Waals surface area contributed by atoms with Gasteiger partial charge in [-0.25, -0.2) is 8.78 Å². The van der Waals surface area contributed by atoms with Gasteiger partial charge in [0.2, 0.25) is 5.91 Å². The van der Waals surface area contributed by atoms with Crippen LogP contribution in [0.15, 0.2) is 18.2 Å². The number of ether oxygens (including phenoxy) is 1. The maximum absolute atomic E-state index is 13.4. The van der Waals surface area contributed by atoms with E-state index in [0.29, 0.717) is 0 Å². The topological polar surface area (TPSA) is 64.4 Å². The maximum atomic E-state index is 13.4. The van der Waals surface area contributed by atoms with Crippen molar-refractivity contribution in [2.75, 3.05) is 6.61 Å². The Kier molecular flexibility index (Phi) is 8.97. The lowest BCUT2D eigenvalue weighted by Gasteiger charge is -2.21. The first-order chi connectivity index (χ1) is 9.85. The Hall–Kier alpha value is -1.40. The summed E-state index contributed by atoms with van der Waals surface area (Å²) >= 11 is 0. The summed E-state index contributed by atoms with van der Waals surface area (Å²) in [5, 5.41) is 2.71. The number of hydrogen-bond donors (Lipinski definition) is 2. The van der Waals surface area contributed by atoms with E-state index < -0.39 is 17.7 Å². The Labute approximate surface area is 135 Å². The highest BCUT2D eigenvalue weighted by Crippen LogP contribution is 2.17. The van der Waals surface area contributed by atoms with Gasteiger partial charge in [0.1, 0.15) is 12.4 Å². The van der Waals surface area contributed by atoms with Crippen molar-refractivity contribution >= 4 is 18.3 Å². The lowest BCUT2D eigenvalue weighted by Crippen LogP contribution is -2.48. The third-order valence-corrected chi connectivity index (χ3v) is 3.33. The summed E-state index contributed by atoms with van der Waals surface area (Å²) in [4.78, 5) is 11.9. The predicted octanol–water partition coefficient (Wildman–Crippen LogP) is 2.64. The standard InChI is InChI=1S/C15H22F2N2O2.ClH/c1-4-9(2)14(18)15(20)19-10(3)8-21-13-6-5-11(16)7-12(13)17;/h5-7,9-10,14H,4,8,18H2,1-3H3,(H,19,20);1H. The average Bonchev–Trinajstić information content (AvgIpc) is 2.44. The van der Waals surface area contributed by atoms with Crippen molar-refractivity contribution in [3.8, 4) is 5.75 Å². The first kappa shape index (κ1) is 20.6. The van der Waals surface area contributed by atoms with Crippen molar-refractivity contribution in [3.05, 3.63) is 29.8 Å². The molecule has 126 valence electrons. The fraction of sp³-hybridized carbons (Fsp3) is 0.533. The van der Waals surface area contributed by atoms with Gasteiger partial charge < -0.3 is 15.8 Å². The smallest absolute Gasteiger partial charge is 0.237 e. The quantitative estimate of drug-likeness (QED) is 0.804. The lowest BCUT2D eigenvalue weighted by atomic mass is 9.99. The van der Waals surface area contributed by atoms with E-state index in [1.807, 2.05) is 13.8 Å². The Balaban J connectivity index is 0.00000441. The van der Waals surface area contributed by atoms with Gasteiger partial charge in [-0.2, -0.15) is 0 Å². The van der Waals surface area contributed by atoms with Crippen LogP contribution in [0.1, 0.15) is 27.2 Å². The van der Waals surface area contributed by atoms with Gasteiger partial charge in [0.15, 0.2) is 11.6 Å². The monoisotopic (exact) mass is 336 g/mol. The lowest BCUT2D eigenvalue weighted by molar-refractivity contribution is -0.124. The SMILES string of the molecule is CCC(C)C(N)C(=O)NC(C)COc1ccc(F)cc1F.Cl. The highest BCUT2D eigenvalue weighted by atomic mass is 35.5. The Bertz CT molecular complexity index is 489. The highest BCUT2D eigenvalue weighted by molar-refractivity contribution is 5.85. The number of benzene rings is 1. The second kappa shape index (κ2) is 9.58. The van der Waals surface area contributed by atoms with Gasteiger partial charge in [-0.3, -0.25) is 4.79 Å². The zero-order chi connectivity index (χ0) is 16.0. The van der Waals surface area contributed by atoms with Crippen LogP contribution in [0.4, 0.5) is 8.78 Å². The first-order valence-corrected chi connectivity index (χ1v) is 6.99. The molecular weight excluding hydrogens is 314 g/mol. The molecule has 7 heteroatoms. The minimum atomic E-state index is -0.773. The van der Waals surface area contributed by atoms with Crippen molar-refractivity contribution in [2.45, 2.75) is 39.3 Å². The number of amides is 1. The molecule has 0 spiro atoms. The van der Waals surface area contributed by atoms with Crippen molar-refractivity contribution in [1.82, 2.24) is 5.32 Å². The summed E-state index contributed by atoms with van der Waals surface area (Å²) in [6, 6.07) is 2.15. The van der Waals surface area contributed by atoms with Gasteiger partial charge in [0, 0.05) is 6.07 Å². The van der Waals surface area contributed by atoms with Crippen LogP contribution in [-0.4, -0.2) is 24.6 Å². The minimum absolute atomic E-state index is 0. The zero-order valence-electron chi connectivity index (χ0n) is 12.9. The maximum Gasteiger partial charge on any atom is 0.237 e. The molecule has 0 aliphatic heterocycles. The molecule has 0 aliphatic rings. The van der Waals surface area contributed by atoms with Crippen LogP contribution >= 0.6 is 12.4 Å². The number of nitrogens with two attached hydrogens (primary N) is 1.